The normalized spacial score (nSPS) is 11.8. The van der Waals surface area contributed by atoms with Crippen molar-refractivity contribution >= 4 is 69.6 Å². The van der Waals surface area contributed by atoms with E-state index in [4.69, 9.17) is 0 Å². The zero-order chi connectivity index (χ0) is 81.8. The van der Waals surface area contributed by atoms with Crippen LogP contribution in [-0.2, 0) is 64.5 Å². The van der Waals surface area contributed by atoms with Crippen LogP contribution in [0.5, 0.6) is 0 Å². The molecule has 0 saturated carbocycles. The van der Waals surface area contributed by atoms with E-state index in [1.54, 1.807) is 0 Å². The highest BCUT2D eigenvalue weighted by Gasteiger charge is 2.27. The maximum Gasteiger partial charge on any atom is 0.349 e. The maximum atomic E-state index is 12.5. The predicted molar refractivity (Wildman–Crippen MR) is 465 cm³/mol. The fourth-order valence-electron chi connectivity index (χ4n) is 15.6. The van der Waals surface area contributed by atoms with Crippen molar-refractivity contribution in [1.29, 1.82) is 0 Å². The predicted octanol–water partition coefficient (Wildman–Crippen LogP) is 13.7. The number of fused-ring (bicyclic) bond motifs is 8. The summed E-state index contributed by atoms with van der Waals surface area (Å²) in [4.78, 5) is 123. The number of aromatic amines is 4. The van der Waals surface area contributed by atoms with Crippen molar-refractivity contribution in [3.63, 3.8) is 0 Å². The van der Waals surface area contributed by atoms with Gasteiger partial charge in [-0.25, -0.2) is 39.5 Å². The molecule has 0 amide bonds. The molecule has 16 rings (SSSR count). The lowest BCUT2D eigenvalue weighted by atomic mass is 10.0. The first-order valence-corrected chi connectivity index (χ1v) is 40.3. The van der Waals surface area contributed by atoms with Crippen molar-refractivity contribution in [3.8, 4) is 23.0 Å². The van der Waals surface area contributed by atoms with E-state index < -0.39 is 22.5 Å². The fourth-order valence-corrected chi connectivity index (χ4v) is 15.6. The van der Waals surface area contributed by atoms with E-state index in [0.29, 0.717) is 58.0 Å². The molecule has 0 atom stereocenters. The molecule has 2 aromatic heterocycles. The quantitative estimate of drug-likeness (QED) is 0.0459. The first kappa shape index (κ1) is 81.0. The molecule has 0 saturated heterocycles. The van der Waals surface area contributed by atoms with Gasteiger partial charge in [-0.2, -0.15) is 9.97 Å². The number of benzene rings is 8. The molecule has 8 heterocycles. The van der Waals surface area contributed by atoms with Gasteiger partial charge in [-0.05, 0) is 234 Å². The Bertz CT molecular complexity index is 6550. The minimum atomic E-state index is -0.641. The van der Waals surface area contributed by atoms with Gasteiger partial charge in [0.05, 0.1) is 44.8 Å². The number of nitrogens with zero attached hydrogens (tertiary/aromatic N) is 12. The Morgan fingerprint density at radius 1 is 0.353 bits per heavy atom. The second kappa shape index (κ2) is 36.4. The highest BCUT2D eigenvalue weighted by atomic mass is 16.2. The van der Waals surface area contributed by atoms with Crippen LogP contribution in [0, 0.1) is 41.5 Å². The van der Waals surface area contributed by atoms with E-state index in [9.17, 15) is 28.8 Å². The largest absolute Gasteiger partial charge is 0.349 e. The van der Waals surface area contributed by atoms with E-state index in [1.165, 1.54) is 72.3 Å². The Morgan fingerprint density at radius 3 is 1.24 bits per heavy atom. The van der Waals surface area contributed by atoms with Gasteiger partial charge in [-0.1, -0.05) is 174 Å². The second-order valence-electron chi connectivity index (χ2n) is 30.2. The maximum absolute atomic E-state index is 12.5. The lowest BCUT2D eigenvalue weighted by Gasteiger charge is -2.29. The van der Waals surface area contributed by atoms with Gasteiger partial charge in [0.15, 0.2) is 45.4 Å². The van der Waals surface area contributed by atoms with Crippen molar-refractivity contribution in [2.75, 3.05) is 22.9 Å². The average molecular weight is 1550 g/mol. The molecule has 0 spiro atoms. The van der Waals surface area contributed by atoms with Gasteiger partial charge in [-0.3, -0.25) is 29.1 Å². The summed E-state index contributed by atoms with van der Waals surface area (Å²) in [5.74, 6) is 1.90. The first-order valence-electron chi connectivity index (χ1n) is 40.3. The van der Waals surface area contributed by atoms with Crippen LogP contribution in [0.15, 0.2) is 196 Å². The standard InChI is InChI=1S/C24H26N4O2.C24H26N4O.C23H24N4O2.C23H24N4O/c1-4-7-18-14-20-19(13-16(18)3)25-21-22(26-24(30)27-23(21)29)28(20)11-6-10-17-9-5-8-15(2)12-17;1-4-9-19-15-21-20(14-16(19)2)27-22-23(25-17(3)26-24(22)29)28(21)13-8-12-18-10-6-5-7-11-18;1-4-17-13-18-19(12-15(17)3)27(10-6-9-16-8-5-7-14(2)11-16)21-20(24-18)22(28)26-23(29)25-21;1-4-18-14-19-20(13-15(18)2)27(12-8-11-17-9-6-5-7-10-17)22-21(26-19)23(28)25-16(3)24-22/h5,8-9,12-14H,4,6-7,10-11H2,1-3H3,(H,27,29,30);5-7,10-11,14-15H,3-4,8-9,12-13H2,1-2H3,(H,26,29);5,7-8,11-13H,4,6,9-10H2,1-3H3,(H,26,28,29);5-7,9-10,13-14H,3-4,8,11-12H2,1-2H3,(H,25,28). The van der Waals surface area contributed by atoms with Gasteiger partial charge in [-0.15, -0.1) is 0 Å². The summed E-state index contributed by atoms with van der Waals surface area (Å²) in [5, 5.41) is 0.734. The molecule has 10 aromatic rings. The van der Waals surface area contributed by atoms with Crippen LogP contribution < -0.4 is 65.1 Å². The Hall–Kier alpha value is -13.0. The molecular weight excluding hydrogens is 1450 g/mol. The van der Waals surface area contributed by atoms with Gasteiger partial charge in [0.2, 0.25) is 0 Å². The molecule has 6 aliphatic rings. The molecule has 4 N–H and O–H groups in total. The molecule has 0 bridgehead atoms. The molecule has 116 heavy (non-hydrogen) atoms. The summed E-state index contributed by atoms with van der Waals surface area (Å²) >= 11 is 0. The first-order chi connectivity index (χ1) is 56.0. The van der Waals surface area contributed by atoms with Crippen molar-refractivity contribution in [2.24, 2.45) is 9.98 Å². The van der Waals surface area contributed by atoms with Gasteiger partial charge < -0.3 is 28.9 Å². The van der Waals surface area contributed by atoms with E-state index in [-0.39, 0.29) is 22.5 Å². The zero-order valence-corrected chi connectivity index (χ0v) is 68.0. The molecule has 0 fully saturated rings. The number of anilines is 4. The minimum absolute atomic E-state index is 0.207. The third kappa shape index (κ3) is 18.6. The Kier molecular flexibility index (Phi) is 25.5. The van der Waals surface area contributed by atoms with Crippen LogP contribution in [0.25, 0.3) is 58.3 Å². The monoisotopic (exact) mass is 1550 g/mol. The number of H-pyrrole nitrogens is 4. The van der Waals surface area contributed by atoms with E-state index >= 15 is 0 Å². The number of aryl methyl sites for hydroxylation is 16. The Labute approximate surface area is 672 Å². The molecule has 22 heteroatoms. The number of hydrogen-bond acceptors (Lipinski definition) is 16. The molecule has 0 radical (unpaired) electrons. The van der Waals surface area contributed by atoms with E-state index in [1.807, 2.05) is 33.4 Å². The van der Waals surface area contributed by atoms with Crippen LogP contribution in [0.2, 0.25) is 0 Å². The van der Waals surface area contributed by atoms with Gasteiger partial charge >= 0.3 is 11.4 Å². The Morgan fingerprint density at radius 2 is 0.759 bits per heavy atom. The minimum Gasteiger partial charge on any atom is -0.322 e. The van der Waals surface area contributed by atoms with E-state index in [0.717, 1.165) is 153 Å². The fraction of sp³-hybridized carbons (Fsp3) is 0.298. The van der Waals surface area contributed by atoms with Crippen LogP contribution in [-0.4, -0.2) is 72.1 Å². The summed E-state index contributed by atoms with van der Waals surface area (Å²) in [6.07, 6.45) is 13.3. The number of aromatic nitrogens is 12. The molecule has 0 aliphatic carbocycles. The van der Waals surface area contributed by atoms with Crippen molar-refractivity contribution < 1.29 is 0 Å². The average Bonchev–Trinajstić information content (AvgIpc) is 0.773. The van der Waals surface area contributed by atoms with E-state index in [2.05, 4.69) is 285 Å². The summed E-state index contributed by atoms with van der Waals surface area (Å²) < 4.78 is 3.96. The summed E-state index contributed by atoms with van der Waals surface area (Å²) in [5.41, 5.74) is 22.8. The van der Waals surface area contributed by atoms with Crippen LogP contribution in [0.4, 0.5) is 34.4 Å². The molecule has 592 valence electrons. The van der Waals surface area contributed by atoms with Crippen molar-refractivity contribution in [3.05, 3.63) is 320 Å². The van der Waals surface area contributed by atoms with Crippen molar-refractivity contribution in [1.82, 2.24) is 59.0 Å². The van der Waals surface area contributed by atoms with Gasteiger partial charge in [0.1, 0.15) is 11.0 Å². The molecule has 6 aliphatic heterocycles. The molecule has 22 nitrogen and oxygen atoms in total. The second-order valence-corrected chi connectivity index (χ2v) is 30.2. The summed E-state index contributed by atoms with van der Waals surface area (Å²) in [6.45, 7) is 31.6. The lowest BCUT2D eigenvalue weighted by Crippen LogP contribution is -2.42. The lowest BCUT2D eigenvalue weighted by molar-refractivity contribution is 0.648. The molecule has 8 aromatic carbocycles. The number of rotatable bonds is 22. The van der Waals surface area contributed by atoms with Crippen LogP contribution in [0.3, 0.4) is 0 Å². The Balaban J connectivity index is 0.000000135. The number of hydrogen-bond donors (Lipinski definition) is 4. The molecular formula is C94H100N16O6. The number of nitrogens with one attached hydrogen (secondary N) is 4. The zero-order valence-electron chi connectivity index (χ0n) is 68.0. The topological polar surface area (TPSA) is 284 Å². The summed E-state index contributed by atoms with van der Waals surface area (Å²) in [7, 11) is 0. The highest BCUT2D eigenvalue weighted by Crippen LogP contribution is 2.39. The van der Waals surface area contributed by atoms with Crippen LogP contribution >= 0.6 is 0 Å². The van der Waals surface area contributed by atoms with Gasteiger partial charge in [0.25, 0.3) is 22.2 Å². The van der Waals surface area contributed by atoms with Crippen LogP contribution in [0.1, 0.15) is 144 Å². The smallest absolute Gasteiger partial charge is 0.322 e. The van der Waals surface area contributed by atoms with Crippen molar-refractivity contribution in [2.45, 2.75) is 172 Å². The third-order valence-corrected chi connectivity index (χ3v) is 21.4. The highest BCUT2D eigenvalue weighted by molar-refractivity contribution is 5.83. The molecule has 0 unspecified atom stereocenters. The third-order valence-electron chi connectivity index (χ3n) is 21.4. The summed E-state index contributed by atoms with van der Waals surface area (Å²) in [6, 6.07) is 54.7. The van der Waals surface area contributed by atoms with Gasteiger partial charge in [0, 0.05) is 26.2 Å². The SMILES string of the molecule is C=c1nc2c(c(=O)[nH]1)=Nc1cc(C)c(CCC)cc1N2CCCc1ccccc1.C=c1nc2c(c(=O)[nH]1)=Nc1cc(CC)c(C)cc1N2CCCc1ccccc1.CCCc1cc2c(cc1C)nc1c(=O)[nH]c(=O)nc-1n2CCCc1cccc(C)c1.CCc1cc2nc3c(=O)[nH]c(=O)nc-3n(CCCc3cccc(C)c3)c2cc1C.